The first-order valence-corrected chi connectivity index (χ1v) is 7.09. The maximum atomic E-state index is 5.78. The molecular weight excluding hydrogens is 246 g/mol. The van der Waals surface area contributed by atoms with Gasteiger partial charge in [0.25, 0.3) is 0 Å². The third-order valence-electron chi connectivity index (χ3n) is 3.52. The molecule has 0 saturated carbocycles. The molecule has 1 nitrogen and oxygen atoms in total. The van der Waals surface area contributed by atoms with E-state index in [-0.39, 0.29) is 37.7 Å². The zero-order valence-corrected chi connectivity index (χ0v) is 11.8. The molecule has 0 bridgehead atoms. The molecule has 2 rings (SSSR count). The molecule has 1 atom stereocenters. The molecule has 0 heterocycles. The summed E-state index contributed by atoms with van der Waals surface area (Å²) >= 11 is 0. The quantitative estimate of drug-likeness (QED) is 0.716. The van der Waals surface area contributed by atoms with E-state index < -0.39 is 0 Å². The summed E-state index contributed by atoms with van der Waals surface area (Å²) < 4.78 is 5.78. The zero-order valence-electron chi connectivity index (χ0n) is 11.8. The van der Waals surface area contributed by atoms with E-state index >= 15 is 0 Å². The first-order chi connectivity index (χ1) is 9.28. The second-order valence-corrected chi connectivity index (χ2v) is 5.11. The summed E-state index contributed by atoms with van der Waals surface area (Å²) in [5.74, 6) is 2.59. The fourth-order valence-electron chi connectivity index (χ4n) is 1.97. The summed E-state index contributed by atoms with van der Waals surface area (Å²) in [5, 5.41) is 0. The molecule has 0 saturated heterocycles. The van der Waals surface area contributed by atoms with Gasteiger partial charge in [0.1, 0.15) is 11.5 Å². The molecule has 0 amide bonds. The number of hydrogen-bond acceptors (Lipinski definition) is 1. The van der Waals surface area contributed by atoms with Gasteiger partial charge in [0, 0.05) is 0 Å². The Labute approximate surface area is 152 Å². The molecule has 0 aliphatic carbocycles. The van der Waals surface area contributed by atoms with Crippen molar-refractivity contribution >= 4 is 37.7 Å². The second-order valence-electron chi connectivity index (χ2n) is 5.11. The number of rotatable bonds is 6. The standard InChI is InChI=1S/C18H22O.2Li.2H/c1-3-15(2)9-10-16-11-13-18(14-12-16)19-17-7-5-4-6-8-17;;;;/h4-8,11-15H,3,9-10H2,1-2H3;;;;. The Balaban J connectivity index is 0.00000200. The van der Waals surface area contributed by atoms with Crippen molar-refractivity contribution in [2.45, 2.75) is 33.1 Å². The minimum atomic E-state index is 0. The zero-order chi connectivity index (χ0) is 13.5. The fourth-order valence-corrected chi connectivity index (χ4v) is 1.97. The van der Waals surface area contributed by atoms with Crippen LogP contribution in [0.4, 0.5) is 0 Å². The Kier molecular flexibility index (Phi) is 10.8. The van der Waals surface area contributed by atoms with Crippen LogP contribution in [0.25, 0.3) is 0 Å². The van der Waals surface area contributed by atoms with Crippen LogP contribution in [-0.2, 0) is 6.42 Å². The summed E-state index contributed by atoms with van der Waals surface area (Å²) in [4.78, 5) is 0. The molecule has 104 valence electrons. The van der Waals surface area contributed by atoms with Crippen LogP contribution >= 0.6 is 0 Å². The number of aryl methyl sites for hydroxylation is 1. The monoisotopic (exact) mass is 270 g/mol. The second kappa shape index (κ2) is 11.1. The Morgan fingerprint density at radius 2 is 1.43 bits per heavy atom. The summed E-state index contributed by atoms with van der Waals surface area (Å²) in [7, 11) is 0. The van der Waals surface area contributed by atoms with E-state index in [1.54, 1.807) is 0 Å². The van der Waals surface area contributed by atoms with E-state index in [0.29, 0.717) is 0 Å². The van der Waals surface area contributed by atoms with Crippen LogP contribution in [0.15, 0.2) is 54.6 Å². The van der Waals surface area contributed by atoms with Gasteiger partial charge in [0.2, 0.25) is 0 Å². The van der Waals surface area contributed by atoms with Crippen molar-refractivity contribution in [3.8, 4) is 11.5 Å². The summed E-state index contributed by atoms with van der Waals surface area (Å²) in [6.07, 6.45) is 3.67. The van der Waals surface area contributed by atoms with Crippen LogP contribution in [0.1, 0.15) is 32.3 Å². The predicted molar refractivity (Wildman–Crippen MR) is 95.0 cm³/mol. The first kappa shape index (κ1) is 20.4. The topological polar surface area (TPSA) is 9.23 Å². The van der Waals surface area contributed by atoms with E-state index in [1.165, 1.54) is 18.4 Å². The van der Waals surface area contributed by atoms with E-state index in [9.17, 15) is 0 Å². The molecular formula is C18H24Li2O. The maximum absolute atomic E-state index is 5.78. The van der Waals surface area contributed by atoms with Crippen LogP contribution < -0.4 is 4.74 Å². The third-order valence-corrected chi connectivity index (χ3v) is 3.52. The van der Waals surface area contributed by atoms with Crippen molar-refractivity contribution in [3.63, 3.8) is 0 Å². The van der Waals surface area contributed by atoms with Crippen molar-refractivity contribution in [1.29, 1.82) is 0 Å². The number of hydrogen-bond donors (Lipinski definition) is 0. The molecule has 0 aliphatic heterocycles. The molecule has 0 aliphatic rings. The van der Waals surface area contributed by atoms with Crippen LogP contribution in [0.2, 0.25) is 0 Å². The molecule has 0 aromatic heterocycles. The SMILES string of the molecule is CCC(C)CCc1ccc(Oc2ccccc2)cc1.[LiH].[LiH]. The molecule has 0 spiro atoms. The summed E-state index contributed by atoms with van der Waals surface area (Å²) in [6.45, 7) is 4.56. The van der Waals surface area contributed by atoms with Gasteiger partial charge in [-0.2, -0.15) is 0 Å². The Bertz CT molecular complexity index is 482. The van der Waals surface area contributed by atoms with Crippen LogP contribution in [0.3, 0.4) is 0 Å². The first-order valence-electron chi connectivity index (χ1n) is 7.09. The fraction of sp³-hybridized carbons (Fsp3) is 0.333. The normalized spacial score (nSPS) is 11.0. The van der Waals surface area contributed by atoms with E-state index in [0.717, 1.165) is 23.8 Å². The molecule has 21 heavy (non-hydrogen) atoms. The summed E-state index contributed by atoms with van der Waals surface area (Å²) in [5.41, 5.74) is 1.39. The number of benzene rings is 2. The van der Waals surface area contributed by atoms with Gasteiger partial charge in [-0.25, -0.2) is 0 Å². The van der Waals surface area contributed by atoms with Gasteiger partial charge in [-0.15, -0.1) is 0 Å². The van der Waals surface area contributed by atoms with Gasteiger partial charge in [-0.1, -0.05) is 50.6 Å². The third kappa shape index (κ3) is 7.31. The molecule has 2 aromatic carbocycles. The average Bonchev–Trinajstić information content (AvgIpc) is 2.47. The van der Waals surface area contributed by atoms with Crippen LogP contribution in [-0.4, -0.2) is 37.7 Å². The van der Waals surface area contributed by atoms with Crippen LogP contribution in [0, 0.1) is 5.92 Å². The predicted octanol–water partition coefficient (Wildman–Crippen LogP) is 4.16. The molecule has 2 aromatic rings. The average molecular weight is 270 g/mol. The number of para-hydroxylation sites is 1. The number of ether oxygens (including phenoxy) is 1. The van der Waals surface area contributed by atoms with Crippen molar-refractivity contribution in [2.24, 2.45) is 5.92 Å². The van der Waals surface area contributed by atoms with E-state index in [2.05, 4.69) is 38.1 Å². The van der Waals surface area contributed by atoms with Gasteiger partial charge < -0.3 is 4.74 Å². The van der Waals surface area contributed by atoms with E-state index in [4.69, 9.17) is 4.74 Å². The van der Waals surface area contributed by atoms with Crippen LogP contribution in [0.5, 0.6) is 11.5 Å². The molecule has 0 fully saturated rings. The van der Waals surface area contributed by atoms with Gasteiger partial charge >= 0.3 is 37.7 Å². The van der Waals surface area contributed by atoms with Crippen molar-refractivity contribution in [1.82, 2.24) is 0 Å². The molecule has 1 unspecified atom stereocenters. The van der Waals surface area contributed by atoms with Crippen molar-refractivity contribution in [3.05, 3.63) is 60.2 Å². The Hall–Kier alpha value is -0.565. The Morgan fingerprint density at radius 1 is 0.857 bits per heavy atom. The minimum absolute atomic E-state index is 0. The van der Waals surface area contributed by atoms with Gasteiger partial charge in [-0.3, -0.25) is 0 Å². The molecule has 0 N–H and O–H groups in total. The molecule has 0 radical (unpaired) electrons. The molecule has 3 heteroatoms. The van der Waals surface area contributed by atoms with Gasteiger partial charge in [0.15, 0.2) is 0 Å². The van der Waals surface area contributed by atoms with Crippen molar-refractivity contribution in [2.75, 3.05) is 0 Å². The van der Waals surface area contributed by atoms with Gasteiger partial charge in [0.05, 0.1) is 0 Å². The van der Waals surface area contributed by atoms with Gasteiger partial charge in [-0.05, 0) is 48.6 Å². The summed E-state index contributed by atoms with van der Waals surface area (Å²) in [6, 6.07) is 18.3. The Morgan fingerprint density at radius 3 is 2.00 bits per heavy atom. The van der Waals surface area contributed by atoms with E-state index in [1.807, 2.05) is 30.3 Å². The van der Waals surface area contributed by atoms with Crippen molar-refractivity contribution < 1.29 is 4.74 Å².